The van der Waals surface area contributed by atoms with Gasteiger partial charge in [0.25, 0.3) is 0 Å². The molecule has 2 fully saturated rings. The zero-order valence-electron chi connectivity index (χ0n) is 14.5. The van der Waals surface area contributed by atoms with Gasteiger partial charge in [-0.15, -0.1) is 0 Å². The summed E-state index contributed by atoms with van der Waals surface area (Å²) in [5.74, 6) is -0.0228. The van der Waals surface area contributed by atoms with Crippen LogP contribution in [-0.2, 0) is 9.53 Å². The molecule has 132 valence electrons. The van der Waals surface area contributed by atoms with Gasteiger partial charge in [0.1, 0.15) is 0 Å². The van der Waals surface area contributed by atoms with Crippen LogP contribution in [0.15, 0.2) is 24.3 Å². The molecule has 1 saturated carbocycles. The highest BCUT2D eigenvalue weighted by Gasteiger charge is 2.45. The smallest absolute Gasteiger partial charge is 0.238 e. The fraction of sp³-hybridized carbons (Fsp3) is 0.611. The van der Waals surface area contributed by atoms with Crippen LogP contribution < -0.4 is 21.3 Å². The molecule has 3 rings (SSSR count). The molecule has 1 amide bonds. The predicted molar refractivity (Wildman–Crippen MR) is 96.3 cm³/mol. The number of nitrogens with one attached hydrogen (secondary N) is 2. The number of carbonyl (C=O) groups excluding carboxylic acids is 1. The van der Waals surface area contributed by atoms with Crippen molar-refractivity contribution in [1.82, 2.24) is 5.32 Å². The number of hydrogen-bond acceptors (Lipinski definition) is 5. The summed E-state index contributed by atoms with van der Waals surface area (Å²) < 4.78 is 5.37. The van der Waals surface area contributed by atoms with E-state index in [2.05, 4.69) is 29.4 Å². The van der Waals surface area contributed by atoms with Crippen LogP contribution >= 0.6 is 0 Å². The molecule has 0 aromatic heterocycles. The van der Waals surface area contributed by atoms with Crippen molar-refractivity contribution in [3.63, 3.8) is 0 Å². The van der Waals surface area contributed by atoms with Crippen molar-refractivity contribution in [2.45, 2.75) is 32.4 Å². The van der Waals surface area contributed by atoms with Crippen LogP contribution in [0.3, 0.4) is 0 Å². The molecule has 4 N–H and O–H groups in total. The van der Waals surface area contributed by atoms with E-state index in [1.807, 2.05) is 24.3 Å². The standard InChI is InChI=1S/C18H28N4O2/c1-18(2)15(19)11-16(18)20-12-17(23)21-13-3-5-14(6-4-13)22-7-9-24-10-8-22/h3-6,15-16,20H,7-12,19H2,1-2H3,(H,21,23). The Morgan fingerprint density at radius 1 is 1.29 bits per heavy atom. The number of carbonyl (C=O) groups is 1. The number of benzene rings is 1. The summed E-state index contributed by atoms with van der Waals surface area (Å²) in [6.07, 6.45) is 0.925. The average Bonchev–Trinajstić information content (AvgIpc) is 2.60. The third kappa shape index (κ3) is 3.71. The third-order valence-corrected chi connectivity index (χ3v) is 5.38. The Bertz CT molecular complexity index is 567. The van der Waals surface area contributed by atoms with Crippen LogP contribution in [-0.4, -0.2) is 50.8 Å². The first-order valence-electron chi connectivity index (χ1n) is 8.68. The Hall–Kier alpha value is -1.63. The molecule has 0 bridgehead atoms. The molecule has 1 aliphatic carbocycles. The van der Waals surface area contributed by atoms with Gasteiger partial charge in [0.15, 0.2) is 0 Å². The Morgan fingerprint density at radius 3 is 2.54 bits per heavy atom. The number of nitrogens with zero attached hydrogens (tertiary/aromatic N) is 1. The minimum Gasteiger partial charge on any atom is -0.378 e. The van der Waals surface area contributed by atoms with Crippen molar-refractivity contribution in [3.8, 4) is 0 Å². The highest BCUT2D eigenvalue weighted by molar-refractivity contribution is 5.92. The summed E-state index contributed by atoms with van der Waals surface area (Å²) in [6.45, 7) is 7.95. The Kier molecular flexibility index (Phi) is 5.08. The SMILES string of the molecule is CC1(C)C(N)CC1NCC(=O)Nc1ccc(N2CCOCC2)cc1. The summed E-state index contributed by atoms with van der Waals surface area (Å²) in [5.41, 5.74) is 8.04. The van der Waals surface area contributed by atoms with E-state index in [1.165, 1.54) is 5.69 Å². The molecule has 1 aromatic carbocycles. The average molecular weight is 332 g/mol. The first-order valence-corrected chi connectivity index (χ1v) is 8.68. The van der Waals surface area contributed by atoms with Crippen molar-refractivity contribution in [3.05, 3.63) is 24.3 Å². The second kappa shape index (κ2) is 7.09. The molecule has 0 spiro atoms. The maximum absolute atomic E-state index is 12.1. The van der Waals surface area contributed by atoms with Gasteiger partial charge in [0, 0.05) is 36.5 Å². The lowest BCUT2D eigenvalue weighted by Crippen LogP contribution is -2.64. The minimum atomic E-state index is -0.0228. The van der Waals surface area contributed by atoms with Gasteiger partial charge in [0.2, 0.25) is 5.91 Å². The lowest BCUT2D eigenvalue weighted by Gasteiger charge is -2.50. The van der Waals surface area contributed by atoms with Gasteiger partial charge in [-0.25, -0.2) is 0 Å². The number of nitrogens with two attached hydrogens (primary N) is 1. The van der Waals surface area contributed by atoms with E-state index in [1.54, 1.807) is 0 Å². The van der Waals surface area contributed by atoms with E-state index in [4.69, 9.17) is 10.5 Å². The fourth-order valence-electron chi connectivity index (χ4n) is 3.30. The molecule has 1 heterocycles. The largest absolute Gasteiger partial charge is 0.378 e. The van der Waals surface area contributed by atoms with E-state index in [-0.39, 0.29) is 17.4 Å². The van der Waals surface area contributed by atoms with Gasteiger partial charge in [0.05, 0.1) is 19.8 Å². The topological polar surface area (TPSA) is 79.6 Å². The number of amides is 1. The summed E-state index contributed by atoms with van der Waals surface area (Å²) in [6, 6.07) is 8.51. The van der Waals surface area contributed by atoms with Gasteiger partial charge in [-0.2, -0.15) is 0 Å². The van der Waals surface area contributed by atoms with Gasteiger partial charge >= 0.3 is 0 Å². The molecule has 2 aliphatic rings. The van der Waals surface area contributed by atoms with E-state index in [9.17, 15) is 4.79 Å². The van der Waals surface area contributed by atoms with Crippen LogP contribution in [0.25, 0.3) is 0 Å². The Morgan fingerprint density at radius 2 is 1.96 bits per heavy atom. The first-order chi connectivity index (χ1) is 11.5. The highest BCUT2D eigenvalue weighted by atomic mass is 16.5. The first kappa shape index (κ1) is 17.2. The Labute approximate surface area is 143 Å². The van der Waals surface area contributed by atoms with Gasteiger partial charge < -0.3 is 26.0 Å². The van der Waals surface area contributed by atoms with Crippen molar-refractivity contribution in [2.75, 3.05) is 43.1 Å². The zero-order valence-corrected chi connectivity index (χ0v) is 14.5. The number of ether oxygens (including phenoxy) is 1. The summed E-state index contributed by atoms with van der Waals surface area (Å²) in [4.78, 5) is 14.4. The van der Waals surface area contributed by atoms with Crippen molar-refractivity contribution in [2.24, 2.45) is 11.1 Å². The highest BCUT2D eigenvalue weighted by Crippen LogP contribution is 2.38. The summed E-state index contributed by atoms with van der Waals surface area (Å²) in [5, 5.41) is 6.25. The van der Waals surface area contributed by atoms with Crippen LogP contribution in [0.4, 0.5) is 11.4 Å². The quantitative estimate of drug-likeness (QED) is 0.754. The van der Waals surface area contributed by atoms with Gasteiger partial charge in [-0.1, -0.05) is 13.8 Å². The van der Waals surface area contributed by atoms with Crippen molar-refractivity contribution >= 4 is 17.3 Å². The maximum Gasteiger partial charge on any atom is 0.238 e. The fourth-order valence-corrected chi connectivity index (χ4v) is 3.30. The van der Waals surface area contributed by atoms with E-state index in [0.717, 1.165) is 38.4 Å². The summed E-state index contributed by atoms with van der Waals surface area (Å²) in [7, 11) is 0. The normalized spacial score (nSPS) is 25.9. The molecular formula is C18H28N4O2. The van der Waals surface area contributed by atoms with Gasteiger partial charge in [-0.05, 0) is 36.1 Å². The van der Waals surface area contributed by atoms with E-state index < -0.39 is 0 Å². The number of anilines is 2. The number of rotatable bonds is 5. The van der Waals surface area contributed by atoms with Crippen molar-refractivity contribution < 1.29 is 9.53 Å². The molecule has 1 aliphatic heterocycles. The molecule has 2 atom stereocenters. The van der Waals surface area contributed by atoms with Crippen LogP contribution in [0.5, 0.6) is 0 Å². The van der Waals surface area contributed by atoms with Crippen LogP contribution in [0.2, 0.25) is 0 Å². The molecular weight excluding hydrogens is 304 g/mol. The molecule has 24 heavy (non-hydrogen) atoms. The summed E-state index contributed by atoms with van der Waals surface area (Å²) >= 11 is 0. The molecule has 2 unspecified atom stereocenters. The van der Waals surface area contributed by atoms with Crippen LogP contribution in [0, 0.1) is 5.41 Å². The lowest BCUT2D eigenvalue weighted by molar-refractivity contribution is -0.116. The minimum absolute atomic E-state index is 0.0228. The maximum atomic E-state index is 12.1. The van der Waals surface area contributed by atoms with E-state index in [0.29, 0.717) is 12.6 Å². The van der Waals surface area contributed by atoms with Crippen molar-refractivity contribution in [1.29, 1.82) is 0 Å². The zero-order chi connectivity index (χ0) is 17.2. The van der Waals surface area contributed by atoms with Gasteiger partial charge in [-0.3, -0.25) is 4.79 Å². The second-order valence-corrected chi connectivity index (χ2v) is 7.29. The van der Waals surface area contributed by atoms with E-state index >= 15 is 0 Å². The lowest BCUT2D eigenvalue weighted by atomic mass is 9.63. The molecule has 1 aromatic rings. The molecule has 6 nitrogen and oxygen atoms in total. The molecule has 0 radical (unpaired) electrons. The Balaban J connectivity index is 1.46. The third-order valence-electron chi connectivity index (χ3n) is 5.38. The monoisotopic (exact) mass is 332 g/mol. The molecule has 6 heteroatoms. The predicted octanol–water partition coefficient (Wildman–Crippen LogP) is 1.18. The van der Waals surface area contributed by atoms with Crippen LogP contribution in [0.1, 0.15) is 20.3 Å². The second-order valence-electron chi connectivity index (χ2n) is 7.29. The number of hydrogen-bond donors (Lipinski definition) is 3. The number of morpholine rings is 1. The molecule has 1 saturated heterocycles.